The Hall–Kier alpha value is -2.18. The fraction of sp³-hybridized carbons (Fsp3) is 0.125. The zero-order chi connectivity index (χ0) is 16.3. The molecular formula is C16H14ClNO4S. The summed E-state index contributed by atoms with van der Waals surface area (Å²) in [5.41, 5.74) is 1.15. The van der Waals surface area contributed by atoms with Crippen molar-refractivity contribution in [3.8, 4) is 11.5 Å². The molecule has 0 saturated carbocycles. The molecule has 23 heavy (non-hydrogen) atoms. The summed E-state index contributed by atoms with van der Waals surface area (Å²) in [7, 11) is -3.63. The zero-order valence-corrected chi connectivity index (χ0v) is 13.6. The molecule has 1 heterocycles. The third-order valence-electron chi connectivity index (χ3n) is 3.11. The second kappa shape index (κ2) is 6.52. The first-order chi connectivity index (χ1) is 11.0. The van der Waals surface area contributed by atoms with Crippen molar-refractivity contribution in [1.29, 1.82) is 0 Å². The zero-order valence-electron chi connectivity index (χ0n) is 12.0. The van der Waals surface area contributed by atoms with Crippen LogP contribution < -0.4 is 14.2 Å². The molecule has 0 bridgehead atoms. The van der Waals surface area contributed by atoms with E-state index in [4.69, 9.17) is 21.1 Å². The highest BCUT2D eigenvalue weighted by Gasteiger charge is 2.13. The van der Waals surface area contributed by atoms with E-state index < -0.39 is 10.0 Å². The van der Waals surface area contributed by atoms with Gasteiger partial charge in [-0.05, 0) is 35.9 Å². The smallest absolute Gasteiger partial charge is 0.255 e. The van der Waals surface area contributed by atoms with Crippen molar-refractivity contribution in [3.63, 3.8) is 0 Å². The van der Waals surface area contributed by atoms with Crippen molar-refractivity contribution >= 4 is 33.4 Å². The van der Waals surface area contributed by atoms with Gasteiger partial charge in [0.25, 0.3) is 10.0 Å². The number of nitrogens with one attached hydrogen (secondary N) is 1. The Kier molecular flexibility index (Phi) is 4.45. The van der Waals surface area contributed by atoms with E-state index in [9.17, 15) is 8.42 Å². The van der Waals surface area contributed by atoms with Crippen LogP contribution in [0.5, 0.6) is 11.5 Å². The van der Waals surface area contributed by atoms with Gasteiger partial charge >= 0.3 is 0 Å². The van der Waals surface area contributed by atoms with Gasteiger partial charge in [0.05, 0.1) is 11.1 Å². The van der Waals surface area contributed by atoms with Gasteiger partial charge < -0.3 is 9.47 Å². The minimum absolute atomic E-state index is 0.412. The van der Waals surface area contributed by atoms with Gasteiger partial charge in [0.1, 0.15) is 13.2 Å². The van der Waals surface area contributed by atoms with Crippen molar-refractivity contribution in [2.45, 2.75) is 0 Å². The number of halogens is 1. The molecule has 0 radical (unpaired) electrons. The fourth-order valence-electron chi connectivity index (χ4n) is 2.05. The molecule has 0 aliphatic carbocycles. The number of ether oxygens (including phenoxy) is 2. The molecule has 7 heteroatoms. The number of hydrogen-bond donors (Lipinski definition) is 1. The highest BCUT2D eigenvalue weighted by molar-refractivity contribution is 7.95. The van der Waals surface area contributed by atoms with Crippen LogP contribution in [0, 0.1) is 0 Å². The van der Waals surface area contributed by atoms with Gasteiger partial charge in [-0.2, -0.15) is 0 Å². The Bertz CT molecular complexity index is 832. The van der Waals surface area contributed by atoms with Crippen LogP contribution in [0.15, 0.2) is 47.9 Å². The molecule has 1 aliphatic heterocycles. The molecule has 3 rings (SSSR count). The van der Waals surface area contributed by atoms with E-state index in [-0.39, 0.29) is 0 Å². The third kappa shape index (κ3) is 4.18. The largest absolute Gasteiger partial charge is 0.486 e. The van der Waals surface area contributed by atoms with Gasteiger partial charge in [-0.25, -0.2) is 8.42 Å². The summed E-state index contributed by atoms with van der Waals surface area (Å²) in [6.45, 7) is 0.932. The second-order valence-corrected chi connectivity index (χ2v) is 6.86. The quantitative estimate of drug-likeness (QED) is 0.915. The number of sulfonamides is 1. The Labute approximate surface area is 139 Å². The lowest BCUT2D eigenvalue weighted by atomic mass is 10.2. The van der Waals surface area contributed by atoms with Crippen molar-refractivity contribution in [2.24, 2.45) is 0 Å². The van der Waals surface area contributed by atoms with Crippen LogP contribution >= 0.6 is 11.6 Å². The van der Waals surface area contributed by atoms with Crippen LogP contribution in [-0.2, 0) is 10.0 Å². The molecule has 0 spiro atoms. The Morgan fingerprint density at radius 3 is 2.43 bits per heavy atom. The van der Waals surface area contributed by atoms with Gasteiger partial charge in [0.15, 0.2) is 11.5 Å². The highest BCUT2D eigenvalue weighted by Crippen LogP contribution is 2.32. The predicted molar refractivity (Wildman–Crippen MR) is 90.5 cm³/mol. The van der Waals surface area contributed by atoms with E-state index in [0.29, 0.717) is 35.4 Å². The van der Waals surface area contributed by atoms with Crippen LogP contribution in [-0.4, -0.2) is 21.6 Å². The number of rotatable bonds is 4. The number of hydrogen-bond acceptors (Lipinski definition) is 4. The van der Waals surface area contributed by atoms with E-state index >= 15 is 0 Å². The summed E-state index contributed by atoms with van der Waals surface area (Å²) >= 11 is 5.79. The maximum Gasteiger partial charge on any atom is 0.255 e. The molecule has 2 aromatic rings. The summed E-state index contributed by atoms with van der Waals surface area (Å²) in [6.07, 6.45) is 1.50. The average molecular weight is 352 g/mol. The Morgan fingerprint density at radius 2 is 1.70 bits per heavy atom. The minimum atomic E-state index is -3.63. The Morgan fingerprint density at radius 1 is 1.00 bits per heavy atom. The minimum Gasteiger partial charge on any atom is -0.486 e. The van der Waals surface area contributed by atoms with Crippen LogP contribution in [0.25, 0.3) is 6.08 Å². The molecule has 1 N–H and O–H groups in total. The maximum atomic E-state index is 12.1. The van der Waals surface area contributed by atoms with Crippen LogP contribution in [0.4, 0.5) is 5.69 Å². The Balaban J connectivity index is 1.74. The standard InChI is InChI=1S/C16H14ClNO4S/c17-13-3-1-12(2-4-13)7-10-23(19,20)18-14-5-6-15-16(11-14)22-9-8-21-15/h1-7,10-11,18H,8-9H2. The van der Waals surface area contributed by atoms with Crippen molar-refractivity contribution < 1.29 is 17.9 Å². The summed E-state index contributed by atoms with van der Waals surface area (Å²) in [6, 6.07) is 11.8. The number of benzene rings is 2. The fourth-order valence-corrected chi connectivity index (χ4v) is 3.03. The highest BCUT2D eigenvalue weighted by atomic mass is 35.5. The van der Waals surface area contributed by atoms with E-state index in [1.807, 2.05) is 0 Å². The van der Waals surface area contributed by atoms with Crippen molar-refractivity contribution in [2.75, 3.05) is 17.9 Å². The molecule has 5 nitrogen and oxygen atoms in total. The number of anilines is 1. The summed E-state index contributed by atoms with van der Waals surface area (Å²) < 4.78 is 37.5. The van der Waals surface area contributed by atoms with Gasteiger partial charge in [-0.3, -0.25) is 4.72 Å². The molecule has 0 unspecified atom stereocenters. The first-order valence-corrected chi connectivity index (χ1v) is 8.80. The first-order valence-electron chi connectivity index (χ1n) is 6.88. The molecule has 0 fully saturated rings. The van der Waals surface area contributed by atoms with Gasteiger partial charge in [-0.15, -0.1) is 0 Å². The van der Waals surface area contributed by atoms with Crippen molar-refractivity contribution in [3.05, 3.63) is 58.5 Å². The molecular weight excluding hydrogens is 338 g/mol. The lowest BCUT2D eigenvalue weighted by Gasteiger charge is -2.18. The van der Waals surface area contributed by atoms with E-state index in [2.05, 4.69) is 4.72 Å². The predicted octanol–water partition coefficient (Wildman–Crippen LogP) is 3.52. The average Bonchev–Trinajstić information content (AvgIpc) is 2.54. The third-order valence-corrected chi connectivity index (χ3v) is 4.38. The molecule has 0 saturated heterocycles. The lowest BCUT2D eigenvalue weighted by Crippen LogP contribution is -2.16. The van der Waals surface area contributed by atoms with Gasteiger partial charge in [-0.1, -0.05) is 23.7 Å². The summed E-state index contributed by atoms with van der Waals surface area (Å²) in [5.74, 6) is 1.13. The second-order valence-electron chi connectivity index (χ2n) is 4.86. The first kappa shape index (κ1) is 15.7. The maximum absolute atomic E-state index is 12.1. The van der Waals surface area contributed by atoms with Crippen LogP contribution in [0.2, 0.25) is 5.02 Å². The molecule has 0 aromatic heterocycles. The molecule has 0 atom stereocenters. The van der Waals surface area contributed by atoms with Gasteiger partial charge in [0, 0.05) is 11.1 Å². The topological polar surface area (TPSA) is 64.6 Å². The monoisotopic (exact) mass is 351 g/mol. The molecule has 0 amide bonds. The van der Waals surface area contributed by atoms with Crippen LogP contribution in [0.1, 0.15) is 5.56 Å². The SMILES string of the molecule is O=S(=O)(C=Cc1ccc(Cl)cc1)Nc1ccc2c(c1)OCCO2. The molecule has 2 aromatic carbocycles. The number of fused-ring (bicyclic) bond motifs is 1. The molecule has 1 aliphatic rings. The van der Waals surface area contributed by atoms with E-state index in [1.165, 1.54) is 6.08 Å². The molecule has 120 valence electrons. The normalized spacial score (nSPS) is 14.0. The van der Waals surface area contributed by atoms with Gasteiger partial charge in [0.2, 0.25) is 0 Å². The summed E-state index contributed by atoms with van der Waals surface area (Å²) in [5, 5.41) is 1.70. The van der Waals surface area contributed by atoms with E-state index in [0.717, 1.165) is 11.0 Å². The lowest BCUT2D eigenvalue weighted by molar-refractivity contribution is 0.171. The van der Waals surface area contributed by atoms with Crippen molar-refractivity contribution in [1.82, 2.24) is 0 Å². The van der Waals surface area contributed by atoms with Crippen LogP contribution in [0.3, 0.4) is 0 Å². The summed E-state index contributed by atoms with van der Waals surface area (Å²) in [4.78, 5) is 0. The van der Waals surface area contributed by atoms with E-state index in [1.54, 1.807) is 42.5 Å².